The van der Waals surface area contributed by atoms with Crippen molar-refractivity contribution in [1.29, 1.82) is 0 Å². The highest BCUT2D eigenvalue weighted by Gasteiger charge is 2.20. The van der Waals surface area contributed by atoms with Gasteiger partial charge in [0.2, 0.25) is 5.56 Å². The Kier molecular flexibility index (Phi) is 3.87. The molecule has 1 heterocycles. The molecule has 0 fully saturated rings. The SMILES string of the molecule is CS(=O)(=O)CCNC1CCCc2[nH]c(=O)ccc21. The van der Waals surface area contributed by atoms with Crippen molar-refractivity contribution in [2.75, 3.05) is 18.6 Å². The van der Waals surface area contributed by atoms with E-state index < -0.39 is 9.84 Å². The third kappa shape index (κ3) is 3.43. The van der Waals surface area contributed by atoms with E-state index in [1.54, 1.807) is 0 Å². The Morgan fingerprint density at radius 1 is 1.44 bits per heavy atom. The molecular weight excluding hydrogens is 252 g/mol. The number of pyridine rings is 1. The average Bonchev–Trinajstić information content (AvgIpc) is 2.27. The molecule has 18 heavy (non-hydrogen) atoms. The Hall–Kier alpha value is -1.14. The molecule has 0 saturated carbocycles. The van der Waals surface area contributed by atoms with E-state index in [2.05, 4.69) is 10.3 Å². The first-order valence-electron chi connectivity index (χ1n) is 6.09. The summed E-state index contributed by atoms with van der Waals surface area (Å²) in [6, 6.07) is 3.51. The molecule has 6 heteroatoms. The van der Waals surface area contributed by atoms with Gasteiger partial charge < -0.3 is 10.3 Å². The van der Waals surface area contributed by atoms with Gasteiger partial charge in [-0.25, -0.2) is 8.42 Å². The minimum atomic E-state index is -2.93. The van der Waals surface area contributed by atoms with Crippen LogP contribution in [0, 0.1) is 0 Å². The Balaban J connectivity index is 2.06. The maximum Gasteiger partial charge on any atom is 0.248 e. The highest BCUT2D eigenvalue weighted by atomic mass is 32.2. The van der Waals surface area contributed by atoms with Crippen molar-refractivity contribution in [1.82, 2.24) is 10.3 Å². The Labute approximate surface area is 107 Å². The Morgan fingerprint density at radius 2 is 2.22 bits per heavy atom. The lowest BCUT2D eigenvalue weighted by Crippen LogP contribution is -2.30. The minimum Gasteiger partial charge on any atom is -0.326 e. The number of H-pyrrole nitrogens is 1. The largest absolute Gasteiger partial charge is 0.326 e. The fourth-order valence-corrected chi connectivity index (χ4v) is 2.82. The van der Waals surface area contributed by atoms with Gasteiger partial charge in [-0.3, -0.25) is 4.79 Å². The smallest absolute Gasteiger partial charge is 0.248 e. The molecule has 0 bridgehead atoms. The highest BCUT2D eigenvalue weighted by Crippen LogP contribution is 2.27. The number of aromatic amines is 1. The fraction of sp³-hybridized carbons (Fsp3) is 0.583. The second-order valence-corrected chi connectivity index (χ2v) is 7.05. The molecule has 5 nitrogen and oxygen atoms in total. The van der Waals surface area contributed by atoms with E-state index in [1.165, 1.54) is 12.3 Å². The quantitative estimate of drug-likeness (QED) is 0.829. The molecule has 1 aromatic rings. The van der Waals surface area contributed by atoms with Gasteiger partial charge in [-0.15, -0.1) is 0 Å². The summed E-state index contributed by atoms with van der Waals surface area (Å²) >= 11 is 0. The monoisotopic (exact) mass is 270 g/mol. The molecule has 2 rings (SSSR count). The molecule has 0 aliphatic heterocycles. The van der Waals surface area contributed by atoms with Gasteiger partial charge in [0.1, 0.15) is 9.84 Å². The second-order valence-electron chi connectivity index (χ2n) is 4.79. The summed E-state index contributed by atoms with van der Waals surface area (Å²) < 4.78 is 22.2. The molecule has 100 valence electrons. The lowest BCUT2D eigenvalue weighted by Gasteiger charge is -2.25. The van der Waals surface area contributed by atoms with Crippen LogP contribution in [-0.2, 0) is 16.3 Å². The molecule has 1 aliphatic carbocycles. The zero-order valence-corrected chi connectivity index (χ0v) is 11.2. The van der Waals surface area contributed by atoms with Crippen LogP contribution in [0.15, 0.2) is 16.9 Å². The first kappa shape index (κ1) is 13.3. The summed E-state index contributed by atoms with van der Waals surface area (Å²) in [6.45, 7) is 0.446. The summed E-state index contributed by atoms with van der Waals surface area (Å²) in [5.74, 6) is 0.141. The first-order valence-corrected chi connectivity index (χ1v) is 8.15. The summed E-state index contributed by atoms with van der Waals surface area (Å²) in [5, 5.41) is 3.25. The molecule has 0 spiro atoms. The summed E-state index contributed by atoms with van der Waals surface area (Å²) in [4.78, 5) is 14.1. The molecule has 1 aromatic heterocycles. The van der Waals surface area contributed by atoms with Crippen LogP contribution in [0.1, 0.15) is 30.1 Å². The van der Waals surface area contributed by atoms with Crippen molar-refractivity contribution in [2.24, 2.45) is 0 Å². The molecule has 1 unspecified atom stereocenters. The summed E-state index contributed by atoms with van der Waals surface area (Å²) in [5.41, 5.74) is 1.99. The van der Waals surface area contributed by atoms with Crippen molar-refractivity contribution in [2.45, 2.75) is 25.3 Å². The van der Waals surface area contributed by atoms with Crippen LogP contribution in [0.4, 0.5) is 0 Å². The predicted octanol–water partition coefficient (Wildman–Crippen LogP) is 0.386. The fourth-order valence-electron chi connectivity index (χ4n) is 2.33. The van der Waals surface area contributed by atoms with E-state index in [1.807, 2.05) is 6.07 Å². The number of hydrogen-bond donors (Lipinski definition) is 2. The zero-order valence-electron chi connectivity index (χ0n) is 10.4. The van der Waals surface area contributed by atoms with Gasteiger partial charge in [-0.2, -0.15) is 0 Å². The van der Waals surface area contributed by atoms with Crippen LogP contribution in [0.5, 0.6) is 0 Å². The third-order valence-corrected chi connectivity index (χ3v) is 4.14. The van der Waals surface area contributed by atoms with Gasteiger partial charge in [0, 0.05) is 30.6 Å². The average molecular weight is 270 g/mol. The van der Waals surface area contributed by atoms with Crippen molar-refractivity contribution in [3.8, 4) is 0 Å². The molecule has 0 amide bonds. The van der Waals surface area contributed by atoms with Crippen LogP contribution in [0.3, 0.4) is 0 Å². The van der Waals surface area contributed by atoms with Crippen molar-refractivity contribution < 1.29 is 8.42 Å². The number of hydrogen-bond acceptors (Lipinski definition) is 4. The number of rotatable bonds is 4. The van der Waals surface area contributed by atoms with Gasteiger partial charge in [0.15, 0.2) is 0 Å². The van der Waals surface area contributed by atoms with Gasteiger partial charge in [-0.1, -0.05) is 6.07 Å². The second kappa shape index (κ2) is 5.24. The van der Waals surface area contributed by atoms with Gasteiger partial charge in [0.05, 0.1) is 5.75 Å². The Bertz CT molecular complexity index is 577. The topological polar surface area (TPSA) is 79.0 Å². The normalized spacial score (nSPS) is 19.5. The van der Waals surface area contributed by atoms with Crippen molar-refractivity contribution in [3.05, 3.63) is 33.7 Å². The van der Waals surface area contributed by atoms with E-state index in [0.717, 1.165) is 30.5 Å². The molecule has 0 radical (unpaired) electrons. The first-order chi connectivity index (χ1) is 8.46. The van der Waals surface area contributed by atoms with E-state index >= 15 is 0 Å². The zero-order chi connectivity index (χ0) is 13.2. The minimum absolute atomic E-state index is 0.0782. The maximum atomic E-state index is 11.2. The lowest BCUT2D eigenvalue weighted by atomic mass is 9.91. The van der Waals surface area contributed by atoms with E-state index in [4.69, 9.17) is 0 Å². The lowest BCUT2D eigenvalue weighted by molar-refractivity contribution is 0.465. The maximum absolute atomic E-state index is 11.2. The van der Waals surface area contributed by atoms with E-state index in [0.29, 0.717) is 6.54 Å². The molecule has 2 N–H and O–H groups in total. The van der Waals surface area contributed by atoms with E-state index in [-0.39, 0.29) is 17.4 Å². The van der Waals surface area contributed by atoms with Gasteiger partial charge in [-0.05, 0) is 24.8 Å². The number of nitrogens with one attached hydrogen (secondary N) is 2. The molecule has 0 aromatic carbocycles. The molecular formula is C12H18N2O3S. The van der Waals surface area contributed by atoms with Crippen molar-refractivity contribution in [3.63, 3.8) is 0 Å². The number of sulfone groups is 1. The molecule has 1 aliphatic rings. The van der Waals surface area contributed by atoms with Gasteiger partial charge in [0.25, 0.3) is 0 Å². The molecule has 1 atom stereocenters. The van der Waals surface area contributed by atoms with Crippen LogP contribution < -0.4 is 10.9 Å². The van der Waals surface area contributed by atoms with Crippen LogP contribution in [-0.4, -0.2) is 32.0 Å². The highest BCUT2D eigenvalue weighted by molar-refractivity contribution is 7.90. The number of aromatic nitrogens is 1. The number of aryl methyl sites for hydroxylation is 1. The summed E-state index contributed by atoms with van der Waals surface area (Å²) in [7, 11) is -2.93. The van der Waals surface area contributed by atoms with Gasteiger partial charge >= 0.3 is 0 Å². The van der Waals surface area contributed by atoms with E-state index in [9.17, 15) is 13.2 Å². The summed E-state index contributed by atoms with van der Waals surface area (Å²) in [6.07, 6.45) is 4.10. The van der Waals surface area contributed by atoms with Crippen LogP contribution in [0.2, 0.25) is 0 Å². The third-order valence-electron chi connectivity index (χ3n) is 3.20. The number of fused-ring (bicyclic) bond motifs is 1. The van der Waals surface area contributed by atoms with Crippen molar-refractivity contribution >= 4 is 9.84 Å². The predicted molar refractivity (Wildman–Crippen MR) is 70.5 cm³/mol. The van der Waals surface area contributed by atoms with Crippen LogP contribution >= 0.6 is 0 Å². The standard InChI is InChI=1S/C12H18N2O3S/c1-18(16,17)8-7-13-10-3-2-4-11-9(10)5-6-12(15)14-11/h5-6,10,13H,2-4,7-8H2,1H3,(H,14,15). The molecule has 0 saturated heterocycles. The Morgan fingerprint density at radius 3 is 2.94 bits per heavy atom. The van der Waals surface area contributed by atoms with Crippen LogP contribution in [0.25, 0.3) is 0 Å².